The van der Waals surface area contributed by atoms with E-state index in [2.05, 4.69) is 21.3 Å². The molecule has 0 aliphatic carbocycles. The number of hydrogen-bond donors (Lipinski definition) is 8. The van der Waals surface area contributed by atoms with E-state index in [0.29, 0.717) is 25.8 Å². The number of aliphatic carboxylic acids is 1. The smallest absolute Gasteiger partial charge is 0.326 e. The first-order valence-electron chi connectivity index (χ1n) is 13.2. The predicted octanol–water partition coefficient (Wildman–Crippen LogP) is -1.18. The molecule has 0 aromatic rings. The summed E-state index contributed by atoms with van der Waals surface area (Å²) < 4.78 is 0. The Balaban J connectivity index is 5.58. The van der Waals surface area contributed by atoms with Crippen LogP contribution in [-0.2, 0) is 24.0 Å². The van der Waals surface area contributed by atoms with Gasteiger partial charge in [-0.2, -0.15) is 0 Å². The summed E-state index contributed by atoms with van der Waals surface area (Å²) in [5.41, 5.74) is 11.6. The van der Waals surface area contributed by atoms with Crippen molar-refractivity contribution in [2.24, 2.45) is 29.2 Å². The highest BCUT2D eigenvalue weighted by atomic mass is 16.4. The number of rotatable bonds is 18. The monoisotopic (exact) mass is 544 g/mol. The number of aliphatic hydroxyl groups excluding tert-OH is 1. The van der Waals surface area contributed by atoms with Gasteiger partial charge in [0.15, 0.2) is 0 Å². The van der Waals surface area contributed by atoms with Gasteiger partial charge in [0.05, 0.1) is 12.6 Å². The van der Waals surface area contributed by atoms with Gasteiger partial charge in [-0.25, -0.2) is 4.79 Å². The van der Waals surface area contributed by atoms with E-state index in [9.17, 15) is 34.2 Å². The fourth-order valence-electron chi connectivity index (χ4n) is 3.55. The Morgan fingerprint density at radius 3 is 1.68 bits per heavy atom. The molecular weight excluding hydrogens is 496 g/mol. The lowest BCUT2D eigenvalue weighted by atomic mass is 9.98. The maximum Gasteiger partial charge on any atom is 0.326 e. The number of nitrogens with two attached hydrogens (primary N) is 2. The summed E-state index contributed by atoms with van der Waals surface area (Å²) in [6, 6.07) is -5.53. The van der Waals surface area contributed by atoms with Crippen LogP contribution in [0.5, 0.6) is 0 Å². The molecule has 0 rings (SSSR count). The molecule has 0 radical (unpaired) electrons. The molecular formula is C25H48N6O7. The number of carbonyl (C=O) groups excluding carboxylic acids is 4. The fourth-order valence-corrected chi connectivity index (χ4v) is 3.55. The number of unbranched alkanes of at least 4 members (excludes halogenated alkanes) is 1. The maximum absolute atomic E-state index is 13.2. The first kappa shape index (κ1) is 35.2. The molecule has 6 atom stereocenters. The van der Waals surface area contributed by atoms with Crippen LogP contribution < -0.4 is 32.7 Å². The van der Waals surface area contributed by atoms with Gasteiger partial charge in [-0.1, -0.05) is 48.0 Å². The highest BCUT2D eigenvalue weighted by Gasteiger charge is 2.33. The topological polar surface area (TPSA) is 226 Å². The highest BCUT2D eigenvalue weighted by Crippen LogP contribution is 2.10. The number of carbonyl (C=O) groups is 5. The van der Waals surface area contributed by atoms with Crippen molar-refractivity contribution in [2.75, 3.05) is 13.2 Å². The number of nitrogens with one attached hydrogen (secondary N) is 4. The summed E-state index contributed by atoms with van der Waals surface area (Å²) >= 11 is 0. The summed E-state index contributed by atoms with van der Waals surface area (Å²) in [6.45, 7) is 9.93. The van der Waals surface area contributed by atoms with E-state index >= 15 is 0 Å². The predicted molar refractivity (Wildman–Crippen MR) is 142 cm³/mol. The van der Waals surface area contributed by atoms with Crippen molar-refractivity contribution in [3.05, 3.63) is 0 Å². The summed E-state index contributed by atoms with van der Waals surface area (Å²) in [6.07, 6.45) is 2.14. The Kier molecular flexibility index (Phi) is 16.4. The molecule has 0 aromatic heterocycles. The van der Waals surface area contributed by atoms with E-state index in [1.807, 2.05) is 13.8 Å². The first-order valence-corrected chi connectivity index (χ1v) is 13.2. The highest BCUT2D eigenvalue weighted by molar-refractivity contribution is 5.95. The molecule has 0 aliphatic heterocycles. The van der Waals surface area contributed by atoms with Crippen molar-refractivity contribution in [2.45, 2.75) is 97.4 Å². The van der Waals surface area contributed by atoms with E-state index in [1.165, 1.54) is 0 Å². The van der Waals surface area contributed by atoms with Crippen LogP contribution in [0, 0.1) is 17.8 Å². The van der Waals surface area contributed by atoms with Crippen LogP contribution in [0.25, 0.3) is 0 Å². The van der Waals surface area contributed by atoms with E-state index in [-0.39, 0.29) is 12.3 Å². The zero-order chi connectivity index (χ0) is 29.6. The van der Waals surface area contributed by atoms with Gasteiger partial charge in [-0.05, 0) is 43.6 Å². The summed E-state index contributed by atoms with van der Waals surface area (Å²) in [7, 11) is 0. The summed E-state index contributed by atoms with van der Waals surface area (Å²) in [5, 5.41) is 29.0. The average molecular weight is 545 g/mol. The molecule has 13 heteroatoms. The average Bonchev–Trinajstić information content (AvgIpc) is 2.86. The molecule has 0 unspecified atom stereocenters. The Labute approximate surface area is 225 Å². The second-order valence-electron chi connectivity index (χ2n) is 10.3. The third-order valence-electron chi connectivity index (χ3n) is 6.43. The molecule has 0 fully saturated rings. The van der Waals surface area contributed by atoms with Crippen LogP contribution >= 0.6 is 0 Å². The molecule has 0 saturated carbocycles. The van der Waals surface area contributed by atoms with Crippen LogP contribution in [0.15, 0.2) is 0 Å². The van der Waals surface area contributed by atoms with Crippen LogP contribution in [0.2, 0.25) is 0 Å². The van der Waals surface area contributed by atoms with Crippen molar-refractivity contribution in [1.82, 2.24) is 21.3 Å². The second-order valence-corrected chi connectivity index (χ2v) is 10.3. The molecule has 10 N–H and O–H groups in total. The number of aliphatic hydroxyl groups is 1. The third kappa shape index (κ3) is 11.7. The van der Waals surface area contributed by atoms with Gasteiger partial charge in [-0.15, -0.1) is 0 Å². The molecule has 0 aliphatic rings. The Hall–Kier alpha value is -2.77. The lowest BCUT2D eigenvalue weighted by molar-refractivity contribution is -0.144. The molecule has 38 heavy (non-hydrogen) atoms. The SMILES string of the molecule is CC[C@H](C)[C@H](N)C(=O)N[C@@H](CCCCN)C(=O)N[C@H](C(=O)N[C@@H](CO)C(=O)N[C@H](C(=O)O)C(C)C)C(C)C. The molecule has 4 amide bonds. The van der Waals surface area contributed by atoms with Crippen molar-refractivity contribution in [3.8, 4) is 0 Å². The van der Waals surface area contributed by atoms with Gasteiger partial charge in [0, 0.05) is 0 Å². The molecule has 0 saturated heterocycles. The van der Waals surface area contributed by atoms with Gasteiger partial charge in [0.25, 0.3) is 0 Å². The van der Waals surface area contributed by atoms with Gasteiger partial charge in [-0.3, -0.25) is 19.2 Å². The minimum Gasteiger partial charge on any atom is -0.480 e. The van der Waals surface area contributed by atoms with Crippen molar-refractivity contribution >= 4 is 29.6 Å². The first-order chi connectivity index (χ1) is 17.7. The van der Waals surface area contributed by atoms with Crippen LogP contribution in [0.3, 0.4) is 0 Å². The largest absolute Gasteiger partial charge is 0.480 e. The molecule has 13 nitrogen and oxygen atoms in total. The number of carboxylic acids is 1. The van der Waals surface area contributed by atoms with E-state index in [0.717, 1.165) is 0 Å². The van der Waals surface area contributed by atoms with E-state index in [4.69, 9.17) is 11.5 Å². The van der Waals surface area contributed by atoms with Crippen molar-refractivity contribution < 1.29 is 34.2 Å². The van der Waals surface area contributed by atoms with Gasteiger partial charge >= 0.3 is 5.97 Å². The van der Waals surface area contributed by atoms with Crippen molar-refractivity contribution in [3.63, 3.8) is 0 Å². The summed E-state index contributed by atoms with van der Waals surface area (Å²) in [5.74, 6) is -4.91. The maximum atomic E-state index is 13.2. The second kappa shape index (κ2) is 17.7. The lowest BCUT2D eigenvalue weighted by Crippen LogP contribution is -2.60. The van der Waals surface area contributed by atoms with E-state index < -0.39 is 78.2 Å². The van der Waals surface area contributed by atoms with Gasteiger partial charge in [0.2, 0.25) is 23.6 Å². The van der Waals surface area contributed by atoms with Crippen molar-refractivity contribution in [1.29, 1.82) is 0 Å². The van der Waals surface area contributed by atoms with E-state index in [1.54, 1.807) is 27.7 Å². The quantitative estimate of drug-likeness (QED) is 0.0970. The summed E-state index contributed by atoms with van der Waals surface area (Å²) in [4.78, 5) is 62.8. The molecule has 0 bridgehead atoms. The minimum atomic E-state index is -1.44. The zero-order valence-corrected chi connectivity index (χ0v) is 23.5. The van der Waals surface area contributed by atoms with Crippen LogP contribution in [-0.4, -0.2) is 83.2 Å². The van der Waals surface area contributed by atoms with Crippen LogP contribution in [0.1, 0.15) is 67.2 Å². The number of hydrogen-bond acceptors (Lipinski definition) is 8. The minimum absolute atomic E-state index is 0.102. The van der Waals surface area contributed by atoms with Crippen LogP contribution in [0.4, 0.5) is 0 Å². The fraction of sp³-hybridized carbons (Fsp3) is 0.800. The van der Waals surface area contributed by atoms with Gasteiger partial charge in [0.1, 0.15) is 24.2 Å². The standard InChI is InChI=1S/C25H48N6O7/c1-7-15(6)18(27)23(35)28-16(10-8-9-11-26)21(33)30-19(13(2)3)24(36)29-17(12-32)22(34)31-20(14(4)5)25(37)38/h13-20,32H,7-12,26-27H2,1-6H3,(H,28,35)(H,29,36)(H,30,33)(H,31,34)(H,37,38)/t15-,16-,17-,18-,19-,20-/m0/s1. The normalized spacial score (nSPS) is 16.1. The Bertz CT molecular complexity index is 792. The molecule has 0 aromatic carbocycles. The number of amides is 4. The lowest BCUT2D eigenvalue weighted by Gasteiger charge is -2.28. The third-order valence-corrected chi connectivity index (χ3v) is 6.43. The Morgan fingerprint density at radius 2 is 1.24 bits per heavy atom. The van der Waals surface area contributed by atoms with Gasteiger partial charge < -0.3 is 42.9 Å². The zero-order valence-electron chi connectivity index (χ0n) is 23.5. The molecule has 220 valence electrons. The molecule has 0 spiro atoms. The Morgan fingerprint density at radius 1 is 0.737 bits per heavy atom. The molecule has 0 heterocycles. The number of carboxylic acid groups (broad SMARTS) is 1.